The molecule has 0 unspecified atom stereocenters. The molecule has 1 aliphatic heterocycles. The van der Waals surface area contributed by atoms with Gasteiger partial charge in [0.1, 0.15) is 0 Å². The Morgan fingerprint density at radius 1 is 1.50 bits per heavy atom. The number of aromatic nitrogens is 2. The van der Waals surface area contributed by atoms with Crippen molar-refractivity contribution in [2.24, 2.45) is 0 Å². The number of hydrogen-bond acceptors (Lipinski definition) is 2. The number of rotatable bonds is 1. The summed E-state index contributed by atoms with van der Waals surface area (Å²) < 4.78 is 5.29. The minimum Gasteiger partial charge on any atom is -0.381 e. The molecular formula is C9H14N2O. The normalized spacial score (nSPS) is 19.8. The van der Waals surface area contributed by atoms with E-state index in [1.165, 1.54) is 5.69 Å². The maximum Gasteiger partial charge on any atom is 0.0594 e. The zero-order valence-corrected chi connectivity index (χ0v) is 7.34. The lowest BCUT2D eigenvalue weighted by Crippen LogP contribution is -2.14. The second-order valence-electron chi connectivity index (χ2n) is 3.35. The van der Waals surface area contributed by atoms with Gasteiger partial charge < -0.3 is 4.74 Å². The number of nitrogens with one attached hydrogen (secondary N) is 1. The van der Waals surface area contributed by atoms with Gasteiger partial charge >= 0.3 is 0 Å². The van der Waals surface area contributed by atoms with Crippen LogP contribution in [0.2, 0.25) is 0 Å². The molecule has 0 atom stereocenters. The first kappa shape index (κ1) is 7.80. The number of hydrogen-bond donors (Lipinski definition) is 1. The smallest absolute Gasteiger partial charge is 0.0594 e. The summed E-state index contributed by atoms with van der Waals surface area (Å²) in [5, 5.41) is 7.20. The SMILES string of the molecule is Cc1cc(C2CCOCC2)[nH]n1. The predicted octanol–water partition coefficient (Wildman–Crippen LogP) is 1.61. The topological polar surface area (TPSA) is 37.9 Å². The van der Waals surface area contributed by atoms with Crippen LogP contribution in [0.3, 0.4) is 0 Å². The van der Waals surface area contributed by atoms with Gasteiger partial charge in [-0.1, -0.05) is 0 Å². The van der Waals surface area contributed by atoms with Gasteiger partial charge in [-0.05, 0) is 25.8 Å². The van der Waals surface area contributed by atoms with Crippen LogP contribution in [0.1, 0.15) is 30.1 Å². The van der Waals surface area contributed by atoms with Gasteiger partial charge in [-0.25, -0.2) is 0 Å². The van der Waals surface area contributed by atoms with Gasteiger partial charge in [0.05, 0.1) is 5.69 Å². The van der Waals surface area contributed by atoms with E-state index in [2.05, 4.69) is 16.3 Å². The van der Waals surface area contributed by atoms with Crippen molar-refractivity contribution in [1.82, 2.24) is 10.2 Å². The molecule has 12 heavy (non-hydrogen) atoms. The van der Waals surface area contributed by atoms with Crippen LogP contribution in [0.25, 0.3) is 0 Å². The van der Waals surface area contributed by atoms with Crippen molar-refractivity contribution in [2.75, 3.05) is 13.2 Å². The van der Waals surface area contributed by atoms with Crippen LogP contribution in [-0.2, 0) is 4.74 Å². The first-order valence-corrected chi connectivity index (χ1v) is 4.46. The fourth-order valence-electron chi connectivity index (χ4n) is 1.66. The summed E-state index contributed by atoms with van der Waals surface area (Å²) in [5.74, 6) is 0.639. The molecule has 0 amide bonds. The van der Waals surface area contributed by atoms with Crippen LogP contribution in [0.4, 0.5) is 0 Å². The van der Waals surface area contributed by atoms with E-state index in [9.17, 15) is 0 Å². The molecule has 1 fully saturated rings. The van der Waals surface area contributed by atoms with Crippen LogP contribution >= 0.6 is 0 Å². The first-order chi connectivity index (χ1) is 5.86. The largest absolute Gasteiger partial charge is 0.381 e. The molecule has 0 bridgehead atoms. The minimum atomic E-state index is 0.639. The zero-order chi connectivity index (χ0) is 8.39. The Morgan fingerprint density at radius 3 is 2.83 bits per heavy atom. The summed E-state index contributed by atoms with van der Waals surface area (Å²) in [4.78, 5) is 0. The molecule has 1 aromatic rings. The van der Waals surface area contributed by atoms with Gasteiger partial charge in [0.2, 0.25) is 0 Å². The van der Waals surface area contributed by atoms with E-state index in [1.54, 1.807) is 0 Å². The van der Waals surface area contributed by atoms with Gasteiger partial charge in [-0.15, -0.1) is 0 Å². The van der Waals surface area contributed by atoms with E-state index < -0.39 is 0 Å². The molecule has 2 heterocycles. The summed E-state index contributed by atoms with van der Waals surface area (Å²) in [6.45, 7) is 3.80. The zero-order valence-electron chi connectivity index (χ0n) is 7.34. The lowest BCUT2D eigenvalue weighted by Gasteiger charge is -2.20. The van der Waals surface area contributed by atoms with Crippen molar-refractivity contribution in [1.29, 1.82) is 0 Å². The molecule has 2 rings (SSSR count). The standard InChI is InChI=1S/C9H14N2O/c1-7-6-9(11-10-7)8-2-4-12-5-3-8/h6,8H,2-5H2,1H3,(H,10,11). The number of aryl methyl sites for hydroxylation is 1. The molecule has 0 aliphatic carbocycles. The Bertz CT molecular complexity index is 251. The van der Waals surface area contributed by atoms with E-state index >= 15 is 0 Å². The van der Waals surface area contributed by atoms with Crippen molar-refractivity contribution >= 4 is 0 Å². The Balaban J connectivity index is 2.08. The summed E-state index contributed by atoms with van der Waals surface area (Å²) in [6, 6.07) is 2.13. The number of H-pyrrole nitrogens is 1. The van der Waals surface area contributed by atoms with Crippen molar-refractivity contribution in [3.8, 4) is 0 Å². The summed E-state index contributed by atoms with van der Waals surface area (Å²) in [7, 11) is 0. The maximum atomic E-state index is 5.29. The Hall–Kier alpha value is -0.830. The van der Waals surface area contributed by atoms with Gasteiger partial charge in [-0.3, -0.25) is 5.10 Å². The molecular weight excluding hydrogens is 152 g/mol. The third-order valence-electron chi connectivity index (χ3n) is 2.39. The molecule has 3 nitrogen and oxygen atoms in total. The van der Waals surface area contributed by atoms with E-state index in [1.807, 2.05) is 6.92 Å². The summed E-state index contributed by atoms with van der Waals surface area (Å²) >= 11 is 0. The van der Waals surface area contributed by atoms with Crippen LogP contribution < -0.4 is 0 Å². The average Bonchev–Trinajstić information content (AvgIpc) is 2.54. The average molecular weight is 166 g/mol. The van der Waals surface area contributed by atoms with Crippen LogP contribution in [-0.4, -0.2) is 23.4 Å². The van der Waals surface area contributed by atoms with Crippen LogP contribution in [0, 0.1) is 6.92 Å². The summed E-state index contributed by atoms with van der Waals surface area (Å²) in [6.07, 6.45) is 2.25. The molecule has 0 aromatic carbocycles. The van der Waals surface area contributed by atoms with Crippen molar-refractivity contribution in [3.63, 3.8) is 0 Å². The fourth-order valence-corrected chi connectivity index (χ4v) is 1.66. The number of nitrogens with zero attached hydrogens (tertiary/aromatic N) is 1. The minimum absolute atomic E-state index is 0.639. The maximum absolute atomic E-state index is 5.29. The molecule has 66 valence electrons. The van der Waals surface area contributed by atoms with E-state index in [0.29, 0.717) is 5.92 Å². The van der Waals surface area contributed by atoms with Gasteiger partial charge in [0.15, 0.2) is 0 Å². The van der Waals surface area contributed by atoms with E-state index in [0.717, 1.165) is 31.7 Å². The van der Waals surface area contributed by atoms with Crippen LogP contribution in [0.15, 0.2) is 6.07 Å². The lowest BCUT2D eigenvalue weighted by atomic mass is 9.97. The molecule has 1 aliphatic rings. The van der Waals surface area contributed by atoms with Crippen LogP contribution in [0.5, 0.6) is 0 Å². The molecule has 1 saturated heterocycles. The highest BCUT2D eigenvalue weighted by Gasteiger charge is 2.17. The third-order valence-corrected chi connectivity index (χ3v) is 2.39. The molecule has 1 aromatic heterocycles. The van der Waals surface area contributed by atoms with Crippen molar-refractivity contribution < 1.29 is 4.74 Å². The fraction of sp³-hybridized carbons (Fsp3) is 0.667. The molecule has 0 radical (unpaired) electrons. The van der Waals surface area contributed by atoms with Crippen molar-refractivity contribution in [2.45, 2.75) is 25.7 Å². The predicted molar refractivity (Wildman–Crippen MR) is 46.1 cm³/mol. The highest BCUT2D eigenvalue weighted by molar-refractivity contribution is 5.12. The Kier molecular flexibility index (Phi) is 2.13. The lowest BCUT2D eigenvalue weighted by molar-refractivity contribution is 0.0845. The molecule has 1 N–H and O–H groups in total. The van der Waals surface area contributed by atoms with Crippen molar-refractivity contribution in [3.05, 3.63) is 17.5 Å². The quantitative estimate of drug-likeness (QED) is 0.688. The molecule has 0 spiro atoms. The van der Waals surface area contributed by atoms with E-state index in [4.69, 9.17) is 4.74 Å². The summed E-state index contributed by atoms with van der Waals surface area (Å²) in [5.41, 5.74) is 2.35. The number of aromatic amines is 1. The monoisotopic (exact) mass is 166 g/mol. The van der Waals surface area contributed by atoms with Gasteiger partial charge in [-0.2, -0.15) is 5.10 Å². The number of ether oxygens (including phenoxy) is 1. The third kappa shape index (κ3) is 1.50. The van der Waals surface area contributed by atoms with Gasteiger partial charge in [0, 0.05) is 24.8 Å². The highest BCUT2D eigenvalue weighted by Crippen LogP contribution is 2.25. The van der Waals surface area contributed by atoms with E-state index in [-0.39, 0.29) is 0 Å². The Labute approximate surface area is 72.1 Å². The second kappa shape index (κ2) is 3.27. The molecule has 3 heteroatoms. The second-order valence-corrected chi connectivity index (χ2v) is 3.35. The molecule has 0 saturated carbocycles. The Morgan fingerprint density at radius 2 is 2.25 bits per heavy atom. The highest BCUT2D eigenvalue weighted by atomic mass is 16.5. The van der Waals surface area contributed by atoms with Gasteiger partial charge in [0.25, 0.3) is 0 Å². The first-order valence-electron chi connectivity index (χ1n) is 4.46.